The molecule has 0 aromatic carbocycles. The van der Waals surface area contributed by atoms with Crippen LogP contribution in [0.5, 0.6) is 0 Å². The van der Waals surface area contributed by atoms with Gasteiger partial charge in [-0.25, -0.2) is 0 Å². The van der Waals surface area contributed by atoms with Gasteiger partial charge in [0.15, 0.2) is 0 Å². The second kappa shape index (κ2) is 9.42. The van der Waals surface area contributed by atoms with Crippen molar-refractivity contribution in [3.05, 3.63) is 24.6 Å². The van der Waals surface area contributed by atoms with Crippen molar-refractivity contribution in [2.75, 3.05) is 13.1 Å². The Morgan fingerprint density at radius 2 is 1.25 bits per heavy atom. The van der Waals surface area contributed by atoms with Gasteiger partial charge in [0.05, 0.1) is 0 Å². The molecule has 0 rings (SSSR count). The SMILES string of the molecule is O=C/C=C\NCCN/C=C\C=O. The van der Waals surface area contributed by atoms with Crippen molar-refractivity contribution in [1.29, 1.82) is 0 Å². The summed E-state index contributed by atoms with van der Waals surface area (Å²) in [6.07, 6.45) is 7.29. The quantitative estimate of drug-likeness (QED) is 0.308. The molecule has 0 atom stereocenters. The van der Waals surface area contributed by atoms with Gasteiger partial charge in [-0.3, -0.25) is 9.59 Å². The zero-order chi connectivity index (χ0) is 9.07. The minimum absolute atomic E-state index is 0.701. The first-order valence-electron chi connectivity index (χ1n) is 3.59. The Morgan fingerprint density at radius 1 is 0.833 bits per heavy atom. The van der Waals surface area contributed by atoms with Crippen molar-refractivity contribution in [1.82, 2.24) is 10.6 Å². The zero-order valence-electron chi connectivity index (χ0n) is 6.69. The van der Waals surface area contributed by atoms with E-state index in [9.17, 15) is 9.59 Å². The predicted octanol–water partition coefficient (Wildman–Crippen LogP) is -0.409. The average Bonchev–Trinajstić information content (AvgIpc) is 2.10. The molecule has 2 N–H and O–H groups in total. The fourth-order valence-electron chi connectivity index (χ4n) is 0.526. The van der Waals surface area contributed by atoms with Gasteiger partial charge in [-0.15, -0.1) is 0 Å². The molecule has 0 aliphatic rings. The Hall–Kier alpha value is -1.58. The van der Waals surface area contributed by atoms with Crippen LogP contribution in [0.15, 0.2) is 24.6 Å². The molecule has 0 saturated carbocycles. The summed E-state index contributed by atoms with van der Waals surface area (Å²) in [7, 11) is 0. The van der Waals surface area contributed by atoms with Crippen molar-refractivity contribution in [2.24, 2.45) is 0 Å². The van der Waals surface area contributed by atoms with E-state index in [4.69, 9.17) is 0 Å². The monoisotopic (exact) mass is 168 g/mol. The van der Waals surface area contributed by atoms with E-state index in [1.807, 2.05) is 0 Å². The average molecular weight is 168 g/mol. The van der Waals surface area contributed by atoms with Crippen LogP contribution in [-0.4, -0.2) is 25.7 Å². The van der Waals surface area contributed by atoms with E-state index >= 15 is 0 Å². The number of aldehydes is 2. The largest absolute Gasteiger partial charge is 0.389 e. The maximum absolute atomic E-state index is 9.79. The number of carbonyl (C=O) groups is 2. The third kappa shape index (κ3) is 8.42. The second-order valence-corrected chi connectivity index (χ2v) is 1.90. The van der Waals surface area contributed by atoms with Crippen LogP contribution in [0.1, 0.15) is 0 Å². The Balaban J connectivity index is 3.10. The number of nitrogens with one attached hydrogen (secondary N) is 2. The molecule has 0 bridgehead atoms. The van der Waals surface area contributed by atoms with Crippen molar-refractivity contribution in [3.63, 3.8) is 0 Å². The number of rotatable bonds is 7. The fourth-order valence-corrected chi connectivity index (χ4v) is 0.526. The molecule has 0 amide bonds. The van der Waals surface area contributed by atoms with Crippen molar-refractivity contribution < 1.29 is 9.59 Å². The third-order valence-corrected chi connectivity index (χ3v) is 0.999. The third-order valence-electron chi connectivity index (χ3n) is 0.999. The summed E-state index contributed by atoms with van der Waals surface area (Å²) < 4.78 is 0. The number of carbonyl (C=O) groups excluding carboxylic acids is 2. The molecule has 0 unspecified atom stereocenters. The molecule has 12 heavy (non-hydrogen) atoms. The van der Waals surface area contributed by atoms with Gasteiger partial charge in [0.2, 0.25) is 0 Å². The molecule has 0 aromatic rings. The maximum atomic E-state index is 9.79. The van der Waals surface area contributed by atoms with E-state index in [0.29, 0.717) is 25.7 Å². The Morgan fingerprint density at radius 3 is 1.58 bits per heavy atom. The summed E-state index contributed by atoms with van der Waals surface area (Å²) >= 11 is 0. The van der Waals surface area contributed by atoms with Crippen LogP contribution >= 0.6 is 0 Å². The van der Waals surface area contributed by atoms with Crippen LogP contribution in [0.25, 0.3) is 0 Å². The van der Waals surface area contributed by atoms with Crippen molar-refractivity contribution in [3.8, 4) is 0 Å². The van der Waals surface area contributed by atoms with Crippen LogP contribution < -0.4 is 10.6 Å². The smallest absolute Gasteiger partial charge is 0.144 e. The molecular weight excluding hydrogens is 156 g/mol. The molecule has 0 aliphatic heterocycles. The molecular formula is C8H12N2O2. The van der Waals surface area contributed by atoms with Gasteiger partial charge < -0.3 is 10.6 Å². The summed E-state index contributed by atoms with van der Waals surface area (Å²) in [5.74, 6) is 0. The summed E-state index contributed by atoms with van der Waals surface area (Å²) in [4.78, 5) is 19.6. The Kier molecular flexibility index (Phi) is 8.18. The van der Waals surface area contributed by atoms with Crippen LogP contribution in [0, 0.1) is 0 Å². The normalized spacial score (nSPS) is 10.3. The molecule has 0 heterocycles. The molecule has 0 fully saturated rings. The fraction of sp³-hybridized carbons (Fsp3) is 0.250. The van der Waals surface area contributed by atoms with E-state index < -0.39 is 0 Å². The van der Waals surface area contributed by atoms with Gasteiger partial charge in [0.1, 0.15) is 12.6 Å². The topological polar surface area (TPSA) is 58.2 Å². The lowest BCUT2D eigenvalue weighted by atomic mass is 10.6. The van der Waals surface area contributed by atoms with Gasteiger partial charge in [-0.05, 0) is 24.6 Å². The van der Waals surface area contributed by atoms with E-state index in [1.54, 1.807) is 12.4 Å². The molecule has 0 spiro atoms. The van der Waals surface area contributed by atoms with Gasteiger partial charge in [0, 0.05) is 13.1 Å². The van der Waals surface area contributed by atoms with E-state index in [0.717, 1.165) is 0 Å². The Labute approximate surface area is 71.3 Å². The molecule has 0 radical (unpaired) electrons. The summed E-state index contributed by atoms with van der Waals surface area (Å²) in [5, 5.41) is 5.73. The molecule has 0 saturated heterocycles. The first-order chi connectivity index (χ1) is 5.91. The van der Waals surface area contributed by atoms with Crippen molar-refractivity contribution in [2.45, 2.75) is 0 Å². The molecule has 0 aromatic heterocycles. The standard InChI is InChI=1S/C8H12N2O2/c11-7-1-3-9-5-6-10-4-2-8-12/h1-4,7-10H,5-6H2/b3-1-,4-2-. The number of allylic oxidation sites excluding steroid dienone is 2. The lowest BCUT2D eigenvalue weighted by Crippen LogP contribution is -2.20. The Bertz CT molecular complexity index is 156. The second-order valence-electron chi connectivity index (χ2n) is 1.90. The van der Waals surface area contributed by atoms with Gasteiger partial charge >= 0.3 is 0 Å². The van der Waals surface area contributed by atoms with E-state index in [-0.39, 0.29) is 0 Å². The van der Waals surface area contributed by atoms with Crippen LogP contribution in [0.3, 0.4) is 0 Å². The highest BCUT2D eigenvalue weighted by atomic mass is 16.1. The highest BCUT2D eigenvalue weighted by molar-refractivity contribution is 5.64. The van der Waals surface area contributed by atoms with Crippen LogP contribution in [0.2, 0.25) is 0 Å². The maximum Gasteiger partial charge on any atom is 0.144 e. The molecule has 4 nitrogen and oxygen atoms in total. The summed E-state index contributed by atoms with van der Waals surface area (Å²) in [6, 6.07) is 0. The lowest BCUT2D eigenvalue weighted by Gasteiger charge is -1.98. The predicted molar refractivity (Wildman–Crippen MR) is 46.4 cm³/mol. The van der Waals surface area contributed by atoms with Crippen LogP contribution in [0.4, 0.5) is 0 Å². The zero-order valence-corrected chi connectivity index (χ0v) is 6.69. The van der Waals surface area contributed by atoms with Crippen LogP contribution in [-0.2, 0) is 9.59 Å². The highest BCUT2D eigenvalue weighted by Crippen LogP contribution is 1.63. The highest BCUT2D eigenvalue weighted by Gasteiger charge is 1.77. The first kappa shape index (κ1) is 10.4. The summed E-state index contributed by atoms with van der Waals surface area (Å²) in [5.41, 5.74) is 0. The molecule has 0 aliphatic carbocycles. The van der Waals surface area contributed by atoms with Crippen molar-refractivity contribution >= 4 is 12.6 Å². The summed E-state index contributed by atoms with van der Waals surface area (Å²) in [6.45, 7) is 1.40. The number of hydrogen-bond donors (Lipinski definition) is 2. The van der Waals surface area contributed by atoms with Gasteiger partial charge in [-0.2, -0.15) is 0 Å². The van der Waals surface area contributed by atoms with Gasteiger partial charge in [0.25, 0.3) is 0 Å². The minimum Gasteiger partial charge on any atom is -0.389 e. The lowest BCUT2D eigenvalue weighted by molar-refractivity contribution is -0.104. The number of hydrogen-bond acceptors (Lipinski definition) is 4. The van der Waals surface area contributed by atoms with E-state index in [2.05, 4.69) is 10.6 Å². The minimum atomic E-state index is 0.701. The van der Waals surface area contributed by atoms with Gasteiger partial charge in [-0.1, -0.05) is 0 Å². The first-order valence-corrected chi connectivity index (χ1v) is 3.59. The van der Waals surface area contributed by atoms with E-state index in [1.165, 1.54) is 12.2 Å². The molecule has 4 heteroatoms. The molecule has 66 valence electrons.